The van der Waals surface area contributed by atoms with Gasteiger partial charge in [-0.2, -0.15) is 0 Å². The Kier molecular flexibility index (Phi) is 4.69. The summed E-state index contributed by atoms with van der Waals surface area (Å²) in [7, 11) is 1.93. The highest BCUT2D eigenvalue weighted by Gasteiger charge is 2.26. The van der Waals surface area contributed by atoms with E-state index in [0.717, 1.165) is 13.0 Å². The molecule has 1 N–H and O–H groups in total. The number of nitrogens with one attached hydrogen (secondary N) is 1. The molecule has 0 radical (unpaired) electrons. The van der Waals surface area contributed by atoms with Gasteiger partial charge in [0.2, 0.25) is 5.91 Å². The van der Waals surface area contributed by atoms with Gasteiger partial charge >= 0.3 is 0 Å². The summed E-state index contributed by atoms with van der Waals surface area (Å²) in [6.07, 6.45) is 1.66. The van der Waals surface area contributed by atoms with Gasteiger partial charge < -0.3 is 10.2 Å². The van der Waals surface area contributed by atoms with Crippen molar-refractivity contribution < 1.29 is 4.79 Å². The molecule has 1 aliphatic rings. The lowest BCUT2D eigenvalue weighted by Gasteiger charge is -2.27. The molecule has 1 aliphatic heterocycles. The Morgan fingerprint density at radius 2 is 2.05 bits per heavy atom. The standard InChI is InChI=1S/C17H26N2O/c1-12(2)9-13(3)19(4)17(20)10-14-11-18-16-8-6-5-7-15(14)16/h5-8,12-14,18H,9-11H2,1-4H3. The molecule has 1 aromatic rings. The van der Waals surface area contributed by atoms with Gasteiger partial charge in [0.15, 0.2) is 0 Å². The van der Waals surface area contributed by atoms with Gasteiger partial charge in [0.1, 0.15) is 0 Å². The molecule has 0 saturated heterocycles. The van der Waals surface area contributed by atoms with Crippen LogP contribution >= 0.6 is 0 Å². The number of fused-ring (bicyclic) bond motifs is 1. The van der Waals surface area contributed by atoms with Crippen molar-refractivity contribution in [2.24, 2.45) is 5.92 Å². The zero-order valence-electron chi connectivity index (χ0n) is 13.0. The zero-order valence-corrected chi connectivity index (χ0v) is 13.0. The van der Waals surface area contributed by atoms with Crippen LogP contribution in [0, 0.1) is 5.92 Å². The normalized spacial score (nSPS) is 18.6. The van der Waals surface area contributed by atoms with Crippen molar-refractivity contribution >= 4 is 11.6 Å². The number of carbonyl (C=O) groups excluding carboxylic acids is 1. The number of hydrogen-bond acceptors (Lipinski definition) is 2. The van der Waals surface area contributed by atoms with Gasteiger partial charge in [-0.1, -0.05) is 32.0 Å². The molecule has 2 atom stereocenters. The molecule has 1 heterocycles. The lowest BCUT2D eigenvalue weighted by molar-refractivity contribution is -0.132. The van der Waals surface area contributed by atoms with E-state index in [1.165, 1.54) is 11.3 Å². The van der Waals surface area contributed by atoms with Gasteiger partial charge in [-0.25, -0.2) is 0 Å². The van der Waals surface area contributed by atoms with Crippen LogP contribution in [0.15, 0.2) is 24.3 Å². The number of benzene rings is 1. The quantitative estimate of drug-likeness (QED) is 0.891. The number of rotatable bonds is 5. The van der Waals surface area contributed by atoms with E-state index in [9.17, 15) is 4.79 Å². The largest absolute Gasteiger partial charge is 0.384 e. The van der Waals surface area contributed by atoms with Crippen molar-refractivity contribution in [3.05, 3.63) is 29.8 Å². The Hall–Kier alpha value is -1.51. The van der Waals surface area contributed by atoms with E-state index in [2.05, 4.69) is 44.3 Å². The zero-order chi connectivity index (χ0) is 14.7. The summed E-state index contributed by atoms with van der Waals surface area (Å²) in [5.41, 5.74) is 2.47. The van der Waals surface area contributed by atoms with Crippen LogP contribution in [0.2, 0.25) is 0 Å². The average Bonchev–Trinajstić information content (AvgIpc) is 2.80. The van der Waals surface area contributed by atoms with E-state index in [-0.39, 0.29) is 5.91 Å². The van der Waals surface area contributed by atoms with E-state index in [0.29, 0.717) is 24.3 Å². The van der Waals surface area contributed by atoms with Crippen molar-refractivity contribution in [3.63, 3.8) is 0 Å². The first kappa shape index (κ1) is 14.9. The lowest BCUT2D eigenvalue weighted by atomic mass is 9.96. The maximum absolute atomic E-state index is 12.4. The maximum atomic E-state index is 12.4. The first-order chi connectivity index (χ1) is 9.49. The van der Waals surface area contributed by atoms with Crippen molar-refractivity contribution in [2.45, 2.75) is 45.6 Å². The Morgan fingerprint density at radius 1 is 1.35 bits per heavy atom. The second-order valence-corrected chi connectivity index (χ2v) is 6.35. The first-order valence-electron chi connectivity index (χ1n) is 7.57. The summed E-state index contributed by atoms with van der Waals surface area (Å²) in [5, 5.41) is 3.39. The Labute approximate surface area is 122 Å². The SMILES string of the molecule is CC(C)CC(C)N(C)C(=O)CC1CNc2ccccc21. The van der Waals surface area contributed by atoms with E-state index >= 15 is 0 Å². The molecule has 0 aromatic heterocycles. The first-order valence-corrected chi connectivity index (χ1v) is 7.57. The van der Waals surface area contributed by atoms with Crippen molar-refractivity contribution in [1.29, 1.82) is 0 Å². The van der Waals surface area contributed by atoms with Gasteiger partial charge in [-0.05, 0) is 30.9 Å². The van der Waals surface area contributed by atoms with Crippen LogP contribution in [0.1, 0.15) is 45.1 Å². The van der Waals surface area contributed by atoms with Crippen LogP contribution in [0.5, 0.6) is 0 Å². The predicted octanol–water partition coefficient (Wildman–Crippen LogP) is 3.48. The van der Waals surface area contributed by atoms with E-state index < -0.39 is 0 Å². The molecule has 0 fully saturated rings. The summed E-state index contributed by atoms with van der Waals surface area (Å²) in [4.78, 5) is 14.3. The lowest BCUT2D eigenvalue weighted by Crippen LogP contribution is -2.36. The van der Waals surface area contributed by atoms with Gasteiger partial charge in [-0.3, -0.25) is 4.79 Å². The Bertz CT molecular complexity index is 470. The minimum absolute atomic E-state index is 0.252. The third kappa shape index (κ3) is 3.33. The van der Waals surface area contributed by atoms with Gasteiger partial charge in [0, 0.05) is 37.7 Å². The van der Waals surface area contributed by atoms with Gasteiger partial charge in [0.25, 0.3) is 0 Å². The minimum atomic E-state index is 0.252. The third-order valence-electron chi connectivity index (χ3n) is 4.23. The topological polar surface area (TPSA) is 32.3 Å². The van der Waals surface area contributed by atoms with E-state index in [1.807, 2.05) is 18.0 Å². The molecule has 20 heavy (non-hydrogen) atoms. The molecular formula is C17H26N2O. The number of hydrogen-bond donors (Lipinski definition) is 1. The molecule has 110 valence electrons. The highest BCUT2D eigenvalue weighted by atomic mass is 16.2. The Balaban J connectivity index is 1.96. The van der Waals surface area contributed by atoms with Crippen LogP contribution < -0.4 is 5.32 Å². The maximum Gasteiger partial charge on any atom is 0.223 e. The molecule has 0 aliphatic carbocycles. The second kappa shape index (κ2) is 6.29. The molecule has 0 saturated carbocycles. The minimum Gasteiger partial charge on any atom is -0.384 e. The van der Waals surface area contributed by atoms with Gasteiger partial charge in [0.05, 0.1) is 0 Å². The summed E-state index contributed by atoms with van der Waals surface area (Å²) in [6, 6.07) is 8.61. The van der Waals surface area contributed by atoms with Crippen molar-refractivity contribution in [3.8, 4) is 0 Å². The van der Waals surface area contributed by atoms with Crippen molar-refractivity contribution in [2.75, 3.05) is 18.9 Å². The van der Waals surface area contributed by atoms with Crippen LogP contribution in [-0.4, -0.2) is 30.4 Å². The molecule has 1 amide bonds. The van der Waals surface area contributed by atoms with Crippen LogP contribution in [-0.2, 0) is 4.79 Å². The fourth-order valence-corrected chi connectivity index (χ4v) is 2.98. The number of para-hydroxylation sites is 1. The van der Waals surface area contributed by atoms with Crippen molar-refractivity contribution in [1.82, 2.24) is 4.90 Å². The monoisotopic (exact) mass is 274 g/mol. The molecule has 3 heteroatoms. The number of amides is 1. The van der Waals surface area contributed by atoms with E-state index in [4.69, 9.17) is 0 Å². The highest BCUT2D eigenvalue weighted by molar-refractivity contribution is 5.78. The van der Waals surface area contributed by atoms with E-state index in [1.54, 1.807) is 0 Å². The highest BCUT2D eigenvalue weighted by Crippen LogP contribution is 2.33. The smallest absolute Gasteiger partial charge is 0.223 e. The second-order valence-electron chi connectivity index (χ2n) is 6.35. The molecule has 2 rings (SSSR count). The molecule has 0 bridgehead atoms. The number of carbonyl (C=O) groups is 1. The fraction of sp³-hybridized carbons (Fsp3) is 0.588. The summed E-state index contributed by atoms with van der Waals surface area (Å²) < 4.78 is 0. The molecule has 0 spiro atoms. The Morgan fingerprint density at radius 3 is 2.75 bits per heavy atom. The summed E-state index contributed by atoms with van der Waals surface area (Å²) >= 11 is 0. The fourth-order valence-electron chi connectivity index (χ4n) is 2.98. The predicted molar refractivity (Wildman–Crippen MR) is 84.0 cm³/mol. The summed E-state index contributed by atoms with van der Waals surface area (Å²) in [5.74, 6) is 1.18. The average molecular weight is 274 g/mol. The third-order valence-corrected chi connectivity index (χ3v) is 4.23. The molecule has 2 unspecified atom stereocenters. The molecule has 3 nitrogen and oxygen atoms in total. The molecule has 1 aromatic carbocycles. The number of nitrogens with zero attached hydrogens (tertiary/aromatic N) is 1. The van der Waals surface area contributed by atoms with Crippen LogP contribution in [0.25, 0.3) is 0 Å². The van der Waals surface area contributed by atoms with Crippen LogP contribution in [0.4, 0.5) is 5.69 Å². The number of anilines is 1. The van der Waals surface area contributed by atoms with Crippen LogP contribution in [0.3, 0.4) is 0 Å². The molecular weight excluding hydrogens is 248 g/mol. The summed E-state index contributed by atoms with van der Waals surface area (Å²) in [6.45, 7) is 7.41. The van der Waals surface area contributed by atoms with Gasteiger partial charge in [-0.15, -0.1) is 0 Å².